The number of carbonyl (C=O) groups is 4. The number of carbonyl (C=O) groups excluding carboxylic acids is 4. The summed E-state index contributed by atoms with van der Waals surface area (Å²) in [6.45, 7) is 8.42. The van der Waals surface area contributed by atoms with E-state index in [4.69, 9.17) is 4.74 Å². The van der Waals surface area contributed by atoms with Crippen LogP contribution in [0.4, 0.5) is 4.79 Å². The average molecular weight is 462 g/mol. The Labute approximate surface area is 195 Å². The second kappa shape index (κ2) is 11.2. The minimum absolute atomic E-state index is 0.146. The van der Waals surface area contributed by atoms with Crippen LogP contribution in [0.1, 0.15) is 62.8 Å². The maximum absolute atomic E-state index is 13.3. The van der Waals surface area contributed by atoms with E-state index >= 15 is 0 Å². The molecule has 1 atom stereocenters. The van der Waals surface area contributed by atoms with E-state index in [1.807, 2.05) is 32.0 Å². The van der Waals surface area contributed by atoms with Crippen LogP contribution in [0.5, 0.6) is 0 Å². The van der Waals surface area contributed by atoms with Gasteiger partial charge in [0.1, 0.15) is 24.7 Å². The summed E-state index contributed by atoms with van der Waals surface area (Å²) in [4.78, 5) is 51.8. The summed E-state index contributed by atoms with van der Waals surface area (Å²) in [5.41, 5.74) is 1.84. The normalized spacial score (nSPS) is 14.5. The molecule has 1 unspecified atom stereocenters. The van der Waals surface area contributed by atoms with E-state index in [-0.39, 0.29) is 19.1 Å². The number of benzene rings is 1. The zero-order valence-corrected chi connectivity index (χ0v) is 20.3. The molecular formula is C24H35N3O6. The monoisotopic (exact) mass is 461 g/mol. The molecule has 1 aromatic carbocycles. The van der Waals surface area contributed by atoms with Crippen LogP contribution >= 0.6 is 0 Å². The van der Waals surface area contributed by atoms with Crippen molar-refractivity contribution in [2.24, 2.45) is 0 Å². The van der Waals surface area contributed by atoms with Gasteiger partial charge in [0.2, 0.25) is 11.8 Å². The molecule has 2 N–H and O–H groups in total. The molecule has 33 heavy (non-hydrogen) atoms. The molecule has 0 heterocycles. The number of hydrogen-bond donors (Lipinski definition) is 2. The van der Waals surface area contributed by atoms with E-state index in [9.17, 15) is 19.2 Å². The van der Waals surface area contributed by atoms with Crippen LogP contribution in [-0.4, -0.2) is 60.6 Å². The highest BCUT2D eigenvalue weighted by atomic mass is 16.6. The fourth-order valence-corrected chi connectivity index (χ4v) is 3.71. The lowest BCUT2D eigenvalue weighted by atomic mass is 9.88. The third kappa shape index (κ3) is 7.76. The number of ether oxygens (including phenoxy) is 2. The van der Waals surface area contributed by atoms with Gasteiger partial charge in [0.05, 0.1) is 7.11 Å². The van der Waals surface area contributed by atoms with Crippen molar-refractivity contribution < 1.29 is 28.7 Å². The van der Waals surface area contributed by atoms with Gasteiger partial charge in [-0.1, -0.05) is 29.3 Å². The molecule has 0 aromatic heterocycles. The van der Waals surface area contributed by atoms with E-state index in [2.05, 4.69) is 15.4 Å². The van der Waals surface area contributed by atoms with E-state index in [0.29, 0.717) is 5.56 Å². The molecule has 0 radical (unpaired) electrons. The zero-order valence-electron chi connectivity index (χ0n) is 20.3. The SMILES string of the molecule is COC(=O)CNC(=O)C(c1cc(C)cc(C)c1)N(C(=O)CNC(=O)OC(C)(C)C)C1CCC1. The van der Waals surface area contributed by atoms with Crippen LogP contribution in [0, 0.1) is 13.8 Å². The highest BCUT2D eigenvalue weighted by Crippen LogP contribution is 2.33. The van der Waals surface area contributed by atoms with E-state index in [0.717, 1.165) is 30.4 Å². The quantitative estimate of drug-likeness (QED) is 0.575. The van der Waals surface area contributed by atoms with Gasteiger partial charge in [0.15, 0.2) is 0 Å². The number of rotatable bonds is 8. The molecule has 9 nitrogen and oxygen atoms in total. The van der Waals surface area contributed by atoms with Crippen LogP contribution in [0.15, 0.2) is 18.2 Å². The van der Waals surface area contributed by atoms with Gasteiger partial charge >= 0.3 is 12.1 Å². The summed E-state index contributed by atoms with van der Waals surface area (Å²) in [6, 6.07) is 4.59. The lowest BCUT2D eigenvalue weighted by molar-refractivity contribution is -0.146. The van der Waals surface area contributed by atoms with Crippen LogP contribution < -0.4 is 10.6 Å². The Bertz CT molecular complexity index is 868. The number of esters is 1. The zero-order chi connectivity index (χ0) is 24.8. The van der Waals surface area contributed by atoms with Crippen molar-refractivity contribution >= 4 is 23.9 Å². The Kier molecular flexibility index (Phi) is 8.84. The minimum Gasteiger partial charge on any atom is -0.468 e. The fourth-order valence-electron chi connectivity index (χ4n) is 3.71. The average Bonchev–Trinajstić information content (AvgIpc) is 2.66. The molecule has 0 aliphatic heterocycles. The van der Waals surface area contributed by atoms with Gasteiger partial charge in [-0.25, -0.2) is 4.79 Å². The molecule has 9 heteroatoms. The van der Waals surface area contributed by atoms with Gasteiger partial charge in [-0.05, 0) is 59.4 Å². The van der Waals surface area contributed by atoms with Crippen molar-refractivity contribution in [1.29, 1.82) is 0 Å². The molecule has 3 amide bonds. The molecule has 1 saturated carbocycles. The Balaban J connectivity index is 2.33. The first-order valence-corrected chi connectivity index (χ1v) is 11.1. The number of amides is 3. The third-order valence-electron chi connectivity index (χ3n) is 5.26. The predicted octanol–water partition coefficient (Wildman–Crippen LogP) is 2.54. The molecule has 1 aliphatic rings. The summed E-state index contributed by atoms with van der Waals surface area (Å²) < 4.78 is 9.84. The lowest BCUT2D eigenvalue weighted by Gasteiger charge is -2.42. The van der Waals surface area contributed by atoms with Crippen molar-refractivity contribution in [2.45, 2.75) is 71.6 Å². The number of methoxy groups -OCH3 is 1. The van der Waals surface area contributed by atoms with Gasteiger partial charge in [-0.15, -0.1) is 0 Å². The lowest BCUT2D eigenvalue weighted by Crippen LogP contribution is -2.54. The molecular weight excluding hydrogens is 426 g/mol. The Morgan fingerprint density at radius 1 is 1.03 bits per heavy atom. The molecule has 0 spiro atoms. The number of nitrogens with one attached hydrogen (secondary N) is 2. The molecule has 2 rings (SSSR count). The van der Waals surface area contributed by atoms with Crippen LogP contribution in [0.2, 0.25) is 0 Å². The standard InChI is InChI=1S/C24H35N3O6/c1-15-10-16(2)12-17(11-15)21(22(30)25-14-20(29)32-6)27(18-8-7-9-18)19(28)13-26-23(31)33-24(3,4)5/h10-12,18,21H,7-9,13-14H2,1-6H3,(H,25,30)(H,26,31). The first kappa shape index (κ1) is 26.2. The van der Waals surface area contributed by atoms with Crippen molar-refractivity contribution in [3.05, 3.63) is 34.9 Å². The minimum atomic E-state index is -0.952. The van der Waals surface area contributed by atoms with E-state index < -0.39 is 35.5 Å². The number of hydrogen-bond acceptors (Lipinski definition) is 6. The summed E-state index contributed by atoms with van der Waals surface area (Å²) in [6.07, 6.45) is 1.74. The molecule has 0 bridgehead atoms. The fraction of sp³-hybridized carbons (Fsp3) is 0.583. The van der Waals surface area contributed by atoms with E-state index in [1.54, 1.807) is 20.8 Å². The highest BCUT2D eigenvalue weighted by Gasteiger charge is 2.39. The largest absolute Gasteiger partial charge is 0.468 e. The first-order chi connectivity index (χ1) is 15.4. The number of aryl methyl sites for hydroxylation is 2. The molecule has 1 aliphatic carbocycles. The Morgan fingerprint density at radius 3 is 2.12 bits per heavy atom. The maximum atomic E-state index is 13.3. The van der Waals surface area contributed by atoms with Gasteiger partial charge in [0, 0.05) is 6.04 Å². The smallest absolute Gasteiger partial charge is 0.408 e. The summed E-state index contributed by atoms with van der Waals surface area (Å²) in [7, 11) is 1.24. The Morgan fingerprint density at radius 2 is 1.64 bits per heavy atom. The van der Waals surface area contributed by atoms with Gasteiger partial charge in [-0.2, -0.15) is 0 Å². The Hall–Kier alpha value is -3.10. The molecule has 182 valence electrons. The first-order valence-electron chi connectivity index (χ1n) is 11.1. The van der Waals surface area contributed by atoms with Crippen molar-refractivity contribution in [3.63, 3.8) is 0 Å². The highest BCUT2D eigenvalue weighted by molar-refractivity contribution is 5.92. The van der Waals surface area contributed by atoms with Gasteiger partial charge in [-0.3, -0.25) is 14.4 Å². The molecule has 1 aromatic rings. The van der Waals surface area contributed by atoms with Crippen molar-refractivity contribution in [2.75, 3.05) is 20.2 Å². The van der Waals surface area contributed by atoms with Crippen LogP contribution in [-0.2, 0) is 23.9 Å². The van der Waals surface area contributed by atoms with Gasteiger partial charge in [0.25, 0.3) is 0 Å². The van der Waals surface area contributed by atoms with Gasteiger partial charge < -0.3 is 25.0 Å². The second-order valence-electron chi connectivity index (χ2n) is 9.36. The molecule has 0 saturated heterocycles. The van der Waals surface area contributed by atoms with Crippen molar-refractivity contribution in [1.82, 2.24) is 15.5 Å². The summed E-state index contributed by atoms with van der Waals surface area (Å²) >= 11 is 0. The maximum Gasteiger partial charge on any atom is 0.408 e. The number of nitrogens with zero attached hydrogens (tertiary/aromatic N) is 1. The topological polar surface area (TPSA) is 114 Å². The summed E-state index contributed by atoms with van der Waals surface area (Å²) in [5, 5.41) is 5.08. The van der Waals surface area contributed by atoms with E-state index in [1.165, 1.54) is 12.0 Å². The summed E-state index contributed by atoms with van der Waals surface area (Å²) in [5.74, 6) is -1.47. The number of alkyl carbamates (subject to hydrolysis) is 1. The van der Waals surface area contributed by atoms with Crippen molar-refractivity contribution in [3.8, 4) is 0 Å². The predicted molar refractivity (Wildman–Crippen MR) is 122 cm³/mol. The van der Waals surface area contributed by atoms with Crippen LogP contribution in [0.3, 0.4) is 0 Å². The third-order valence-corrected chi connectivity index (χ3v) is 5.26. The van der Waals surface area contributed by atoms with Crippen LogP contribution in [0.25, 0.3) is 0 Å². The molecule has 1 fully saturated rings. The second-order valence-corrected chi connectivity index (χ2v) is 9.36.